The van der Waals surface area contributed by atoms with Crippen LogP contribution in [0.5, 0.6) is 0 Å². The molecule has 2 rings (SSSR count). The van der Waals surface area contributed by atoms with Gasteiger partial charge in [-0.3, -0.25) is 4.79 Å². The minimum absolute atomic E-state index is 0.0980. The Labute approximate surface area is 73.8 Å². The number of carbonyl (C=O) groups excluding carboxylic acids is 1. The van der Waals surface area contributed by atoms with Gasteiger partial charge < -0.3 is 11.1 Å². The summed E-state index contributed by atoms with van der Waals surface area (Å²) in [5.74, 6) is -0.0980. The summed E-state index contributed by atoms with van der Waals surface area (Å²) >= 11 is 1.22. The maximum atomic E-state index is 11.3. The van der Waals surface area contributed by atoms with Crippen molar-refractivity contribution in [3.8, 4) is 0 Å². The van der Waals surface area contributed by atoms with Crippen LogP contribution in [0.25, 0.3) is 0 Å². The van der Waals surface area contributed by atoms with Gasteiger partial charge in [0.25, 0.3) is 5.91 Å². The second-order valence-corrected chi connectivity index (χ2v) is 3.88. The molecule has 0 aliphatic heterocycles. The van der Waals surface area contributed by atoms with E-state index >= 15 is 0 Å². The third-order valence-electron chi connectivity index (χ3n) is 1.63. The van der Waals surface area contributed by atoms with E-state index in [4.69, 9.17) is 5.73 Å². The number of nitrogens with zero attached hydrogens (tertiary/aromatic N) is 1. The third kappa shape index (κ3) is 1.55. The number of nitrogens with one attached hydrogen (secondary N) is 1. The summed E-state index contributed by atoms with van der Waals surface area (Å²) in [4.78, 5) is 15.2. The molecule has 64 valence electrons. The molecule has 0 atom stereocenters. The number of aromatic nitrogens is 1. The molecular weight excluding hydrogens is 174 g/mol. The zero-order chi connectivity index (χ0) is 8.55. The van der Waals surface area contributed by atoms with Gasteiger partial charge in [0.1, 0.15) is 5.00 Å². The van der Waals surface area contributed by atoms with Gasteiger partial charge in [-0.1, -0.05) is 11.3 Å². The largest absolute Gasteiger partial charge is 0.389 e. The van der Waals surface area contributed by atoms with Crippen molar-refractivity contribution < 1.29 is 4.79 Å². The van der Waals surface area contributed by atoms with Crippen LogP contribution in [-0.2, 0) is 0 Å². The maximum absolute atomic E-state index is 11.3. The molecule has 5 heteroatoms. The highest BCUT2D eigenvalue weighted by atomic mass is 32.1. The van der Waals surface area contributed by atoms with Gasteiger partial charge in [-0.15, -0.1) is 0 Å². The lowest BCUT2D eigenvalue weighted by Gasteiger charge is -1.96. The molecule has 4 nitrogen and oxygen atoms in total. The molecule has 0 unspecified atom stereocenters. The molecule has 0 aromatic carbocycles. The van der Waals surface area contributed by atoms with Crippen LogP contribution in [0.3, 0.4) is 0 Å². The first-order valence-corrected chi connectivity index (χ1v) is 4.59. The molecule has 12 heavy (non-hydrogen) atoms. The number of carbonyl (C=O) groups is 1. The van der Waals surface area contributed by atoms with E-state index < -0.39 is 0 Å². The van der Waals surface area contributed by atoms with Crippen molar-refractivity contribution in [1.29, 1.82) is 0 Å². The number of nitrogens with two attached hydrogens (primary N) is 1. The first-order valence-electron chi connectivity index (χ1n) is 3.78. The summed E-state index contributed by atoms with van der Waals surface area (Å²) in [5.41, 5.74) is 5.44. The Bertz CT molecular complexity index is 305. The molecule has 1 amide bonds. The molecule has 1 saturated carbocycles. The second kappa shape index (κ2) is 2.75. The Hall–Kier alpha value is -1.10. The standard InChI is InChI=1S/C7H9N3OS/c8-5-3-9-7(12-5)6(11)10-4-1-2-4/h3-4H,1-2,8H2,(H,10,11). The minimum atomic E-state index is -0.0980. The van der Waals surface area contributed by atoms with Gasteiger partial charge in [0, 0.05) is 6.04 Å². The van der Waals surface area contributed by atoms with Crippen LogP contribution in [0, 0.1) is 0 Å². The fraction of sp³-hybridized carbons (Fsp3) is 0.429. The summed E-state index contributed by atoms with van der Waals surface area (Å²) in [6.45, 7) is 0. The lowest BCUT2D eigenvalue weighted by Crippen LogP contribution is -2.25. The highest BCUT2D eigenvalue weighted by molar-refractivity contribution is 7.17. The predicted octanol–water partition coefficient (Wildman–Crippen LogP) is 0.618. The molecule has 1 aliphatic rings. The smallest absolute Gasteiger partial charge is 0.280 e. The van der Waals surface area contributed by atoms with E-state index in [2.05, 4.69) is 10.3 Å². The number of hydrogen-bond donors (Lipinski definition) is 2. The van der Waals surface area contributed by atoms with Crippen LogP contribution in [0.1, 0.15) is 22.6 Å². The Morgan fingerprint density at radius 1 is 1.75 bits per heavy atom. The van der Waals surface area contributed by atoms with Crippen molar-refractivity contribution in [2.75, 3.05) is 5.73 Å². The summed E-state index contributed by atoms with van der Waals surface area (Å²) in [6.07, 6.45) is 3.69. The third-order valence-corrected chi connectivity index (χ3v) is 2.46. The quantitative estimate of drug-likeness (QED) is 0.706. The summed E-state index contributed by atoms with van der Waals surface area (Å²) in [5, 5.41) is 3.87. The lowest BCUT2D eigenvalue weighted by molar-refractivity contribution is 0.0950. The molecule has 1 aliphatic carbocycles. The zero-order valence-electron chi connectivity index (χ0n) is 6.41. The van der Waals surface area contributed by atoms with E-state index in [1.54, 1.807) is 0 Å². The molecule has 0 saturated heterocycles. The number of rotatable bonds is 2. The van der Waals surface area contributed by atoms with E-state index in [1.807, 2.05) is 0 Å². The normalized spacial score (nSPS) is 16.0. The van der Waals surface area contributed by atoms with E-state index in [0.717, 1.165) is 12.8 Å². The molecule has 0 bridgehead atoms. The number of anilines is 1. The van der Waals surface area contributed by atoms with Crippen LogP contribution in [0.15, 0.2) is 6.20 Å². The molecular formula is C7H9N3OS. The molecule has 1 aromatic rings. The Morgan fingerprint density at radius 3 is 3.00 bits per heavy atom. The van der Waals surface area contributed by atoms with Gasteiger partial charge in [-0.2, -0.15) is 0 Å². The lowest BCUT2D eigenvalue weighted by atomic mass is 10.6. The van der Waals surface area contributed by atoms with Crippen LogP contribution in [-0.4, -0.2) is 16.9 Å². The highest BCUT2D eigenvalue weighted by Gasteiger charge is 2.24. The van der Waals surface area contributed by atoms with Gasteiger partial charge in [0.05, 0.1) is 6.20 Å². The molecule has 0 radical (unpaired) electrons. The Balaban J connectivity index is 2.03. The number of thiazole rings is 1. The van der Waals surface area contributed by atoms with E-state index in [9.17, 15) is 4.79 Å². The molecule has 1 fully saturated rings. The first kappa shape index (κ1) is 7.54. The van der Waals surface area contributed by atoms with E-state index in [-0.39, 0.29) is 5.91 Å². The SMILES string of the molecule is Nc1cnc(C(=O)NC2CC2)s1. The number of nitrogen functional groups attached to an aromatic ring is 1. The fourth-order valence-electron chi connectivity index (χ4n) is 0.866. The van der Waals surface area contributed by atoms with Crippen molar-refractivity contribution in [1.82, 2.24) is 10.3 Å². The summed E-state index contributed by atoms with van der Waals surface area (Å²) < 4.78 is 0. The minimum Gasteiger partial charge on any atom is -0.389 e. The van der Waals surface area contributed by atoms with Gasteiger partial charge >= 0.3 is 0 Å². The maximum Gasteiger partial charge on any atom is 0.280 e. The highest BCUT2D eigenvalue weighted by Crippen LogP contribution is 2.20. The average Bonchev–Trinajstić information content (AvgIpc) is 2.72. The van der Waals surface area contributed by atoms with Crippen molar-refractivity contribution in [2.45, 2.75) is 18.9 Å². The van der Waals surface area contributed by atoms with E-state index in [0.29, 0.717) is 16.1 Å². The van der Waals surface area contributed by atoms with Crippen LogP contribution in [0.2, 0.25) is 0 Å². The van der Waals surface area contributed by atoms with Gasteiger partial charge in [0.15, 0.2) is 5.01 Å². The van der Waals surface area contributed by atoms with E-state index in [1.165, 1.54) is 17.5 Å². The monoisotopic (exact) mass is 183 g/mol. The predicted molar refractivity (Wildman–Crippen MR) is 47.0 cm³/mol. The summed E-state index contributed by atoms with van der Waals surface area (Å²) in [6, 6.07) is 0.377. The van der Waals surface area contributed by atoms with Gasteiger partial charge in [-0.25, -0.2) is 4.98 Å². The molecule has 3 N–H and O–H groups in total. The topological polar surface area (TPSA) is 68.0 Å². The van der Waals surface area contributed by atoms with Crippen LogP contribution < -0.4 is 11.1 Å². The zero-order valence-corrected chi connectivity index (χ0v) is 7.23. The van der Waals surface area contributed by atoms with Crippen LogP contribution >= 0.6 is 11.3 Å². The second-order valence-electron chi connectivity index (χ2n) is 2.82. The van der Waals surface area contributed by atoms with Crippen molar-refractivity contribution in [3.05, 3.63) is 11.2 Å². The molecule has 1 heterocycles. The molecule has 0 spiro atoms. The number of hydrogen-bond acceptors (Lipinski definition) is 4. The van der Waals surface area contributed by atoms with Crippen molar-refractivity contribution >= 4 is 22.2 Å². The van der Waals surface area contributed by atoms with Crippen molar-refractivity contribution in [2.24, 2.45) is 0 Å². The number of amides is 1. The Morgan fingerprint density at radius 2 is 2.50 bits per heavy atom. The van der Waals surface area contributed by atoms with Gasteiger partial charge in [-0.05, 0) is 12.8 Å². The first-order chi connectivity index (χ1) is 5.75. The average molecular weight is 183 g/mol. The fourth-order valence-corrected chi connectivity index (χ4v) is 1.45. The van der Waals surface area contributed by atoms with Gasteiger partial charge in [0.2, 0.25) is 0 Å². The summed E-state index contributed by atoms with van der Waals surface area (Å²) in [7, 11) is 0. The van der Waals surface area contributed by atoms with Crippen molar-refractivity contribution in [3.63, 3.8) is 0 Å². The van der Waals surface area contributed by atoms with Crippen LogP contribution in [0.4, 0.5) is 5.00 Å². The molecule has 1 aromatic heterocycles. The Kier molecular flexibility index (Phi) is 1.73.